The second-order valence-corrected chi connectivity index (χ2v) is 11.4. The summed E-state index contributed by atoms with van der Waals surface area (Å²) in [5.41, 5.74) is 4.09. The van der Waals surface area contributed by atoms with Gasteiger partial charge in [0, 0.05) is 25.2 Å². The summed E-state index contributed by atoms with van der Waals surface area (Å²) < 4.78 is 52.4. The second-order valence-electron chi connectivity index (χ2n) is 11.4. The number of para-hydroxylation sites is 1. The van der Waals surface area contributed by atoms with Gasteiger partial charge >= 0.3 is 0 Å². The van der Waals surface area contributed by atoms with Crippen molar-refractivity contribution >= 4 is 21.8 Å². The average molecular weight is 467 g/mol. The average Bonchev–Trinajstić information content (AvgIpc) is 3.19. The molecule has 0 aliphatic carbocycles. The van der Waals surface area contributed by atoms with E-state index in [1.165, 1.54) is 5.56 Å². The number of aryl methyl sites for hydroxylation is 2. The number of fused-ring (bicyclic) bond motifs is 3. The quantitative estimate of drug-likeness (QED) is 0.254. The van der Waals surface area contributed by atoms with E-state index in [4.69, 9.17) is 13.2 Å². The van der Waals surface area contributed by atoms with Crippen molar-refractivity contribution in [3.8, 4) is 16.9 Å². The van der Waals surface area contributed by atoms with Crippen LogP contribution in [0.2, 0.25) is 0 Å². The van der Waals surface area contributed by atoms with E-state index in [2.05, 4.69) is 49.6 Å². The molecule has 0 aliphatic rings. The Bertz CT molecular complexity index is 1740. The first-order valence-electron chi connectivity index (χ1n) is 15.1. The van der Waals surface area contributed by atoms with Gasteiger partial charge in [0.25, 0.3) is 0 Å². The summed E-state index contributed by atoms with van der Waals surface area (Å²) in [4.78, 5) is 4.72. The molecule has 0 radical (unpaired) electrons. The summed E-state index contributed by atoms with van der Waals surface area (Å²) >= 11 is 0. The Kier molecular flexibility index (Phi) is 3.95. The Morgan fingerprint density at radius 1 is 0.686 bits per heavy atom. The van der Waals surface area contributed by atoms with Gasteiger partial charge in [-0.1, -0.05) is 84.0 Å². The normalized spacial score (nSPS) is 15.8. The van der Waals surface area contributed by atoms with Gasteiger partial charge in [-0.3, -0.25) is 4.57 Å². The number of aromatic nitrogens is 2. The Labute approximate surface area is 218 Å². The van der Waals surface area contributed by atoms with E-state index in [-0.39, 0.29) is 22.1 Å². The van der Waals surface area contributed by atoms with Crippen LogP contribution >= 0.6 is 0 Å². The Balaban J connectivity index is 1.85. The van der Waals surface area contributed by atoms with Gasteiger partial charge in [0.15, 0.2) is 0 Å². The summed E-state index contributed by atoms with van der Waals surface area (Å²) in [6, 6.07) is 21.4. The van der Waals surface area contributed by atoms with E-state index < -0.39 is 19.1 Å². The van der Waals surface area contributed by atoms with Crippen LogP contribution in [0.5, 0.6) is 0 Å². The lowest BCUT2D eigenvalue weighted by atomic mass is 9.83. The molecule has 0 atom stereocenters. The highest BCUT2D eigenvalue weighted by Gasteiger charge is 2.20. The van der Waals surface area contributed by atoms with Crippen molar-refractivity contribution in [2.45, 2.75) is 66.1 Å². The van der Waals surface area contributed by atoms with Crippen LogP contribution in [0.3, 0.4) is 0 Å². The molecular weight excluding hydrogens is 424 g/mol. The smallest absolute Gasteiger partial charge is 0.138 e. The van der Waals surface area contributed by atoms with Crippen molar-refractivity contribution < 1.29 is 8.22 Å². The molecule has 2 heterocycles. The molecular formula is C33H36N2. The molecule has 3 aromatic carbocycles. The lowest BCUT2D eigenvalue weighted by Gasteiger charge is -2.22. The molecule has 2 heteroatoms. The molecule has 2 nitrogen and oxygen atoms in total. The molecule has 178 valence electrons. The van der Waals surface area contributed by atoms with Gasteiger partial charge in [0.2, 0.25) is 0 Å². The molecule has 0 aliphatic heterocycles. The molecule has 5 aromatic rings. The van der Waals surface area contributed by atoms with E-state index in [0.717, 1.165) is 21.8 Å². The third-order valence-electron chi connectivity index (χ3n) is 6.81. The Morgan fingerprint density at radius 2 is 1.34 bits per heavy atom. The van der Waals surface area contributed by atoms with Gasteiger partial charge in [0.1, 0.15) is 5.82 Å². The van der Waals surface area contributed by atoms with Crippen LogP contribution in [0.1, 0.15) is 72.0 Å². The number of pyridine rings is 1. The highest BCUT2D eigenvalue weighted by Crippen LogP contribution is 2.37. The fourth-order valence-electron chi connectivity index (χ4n) is 4.77. The Morgan fingerprint density at radius 3 is 2.00 bits per heavy atom. The Hall–Kier alpha value is -3.39. The number of benzene rings is 3. The summed E-state index contributed by atoms with van der Waals surface area (Å²) in [6.45, 7) is 7.34. The zero-order valence-corrected chi connectivity index (χ0v) is 21.3. The summed E-state index contributed by atoms with van der Waals surface area (Å²) in [5, 5.41) is 2.16. The molecule has 0 saturated carbocycles. The van der Waals surface area contributed by atoms with Crippen LogP contribution < -0.4 is 0 Å². The van der Waals surface area contributed by atoms with Gasteiger partial charge in [-0.25, -0.2) is 4.98 Å². The van der Waals surface area contributed by atoms with Gasteiger partial charge in [-0.15, -0.1) is 0 Å². The van der Waals surface area contributed by atoms with Gasteiger partial charge in [-0.2, -0.15) is 0 Å². The number of hydrogen-bond acceptors (Lipinski definition) is 1. The van der Waals surface area contributed by atoms with Gasteiger partial charge in [0.05, 0.1) is 11.0 Å². The zero-order valence-electron chi connectivity index (χ0n) is 27.3. The van der Waals surface area contributed by atoms with E-state index in [1.54, 1.807) is 24.4 Å². The fourth-order valence-corrected chi connectivity index (χ4v) is 4.77. The zero-order chi connectivity index (χ0) is 30.1. The highest BCUT2D eigenvalue weighted by molar-refractivity contribution is 6.09. The van der Waals surface area contributed by atoms with Crippen molar-refractivity contribution in [1.82, 2.24) is 9.55 Å². The maximum Gasteiger partial charge on any atom is 0.138 e. The third-order valence-corrected chi connectivity index (χ3v) is 6.81. The highest BCUT2D eigenvalue weighted by atomic mass is 15.1. The molecule has 0 saturated heterocycles. The van der Waals surface area contributed by atoms with Gasteiger partial charge < -0.3 is 0 Å². The van der Waals surface area contributed by atoms with Crippen LogP contribution in [0.15, 0.2) is 72.9 Å². The van der Waals surface area contributed by atoms with Crippen LogP contribution in [0, 0.1) is 13.7 Å². The lowest BCUT2D eigenvalue weighted by Crippen LogP contribution is -2.12. The second kappa shape index (κ2) is 8.09. The first-order valence-corrected chi connectivity index (χ1v) is 12.1. The van der Waals surface area contributed by atoms with Crippen LogP contribution in [0.4, 0.5) is 0 Å². The SMILES string of the molecule is [2H]C([2H])([2H])c1cc(C(C)(C)C)cc(C([2H])([2H])[2H])c1-c1ccnc(-n2c3ccccc3c3ccc(C(C)(C)C)cc32)c1. The van der Waals surface area contributed by atoms with Gasteiger partial charge in [-0.05, 0) is 82.2 Å². The van der Waals surface area contributed by atoms with E-state index in [0.29, 0.717) is 16.9 Å². The van der Waals surface area contributed by atoms with Crippen molar-refractivity contribution in [1.29, 1.82) is 0 Å². The minimum atomic E-state index is -2.52. The van der Waals surface area contributed by atoms with Crippen molar-refractivity contribution in [3.63, 3.8) is 0 Å². The monoisotopic (exact) mass is 466 g/mol. The largest absolute Gasteiger partial charge is 0.294 e. The van der Waals surface area contributed by atoms with Crippen LogP contribution in [-0.4, -0.2) is 9.55 Å². The summed E-state index contributed by atoms with van der Waals surface area (Å²) in [7, 11) is 0. The first kappa shape index (κ1) is 17.1. The predicted octanol–water partition coefficient (Wildman–Crippen LogP) is 9.06. The maximum atomic E-state index is 8.38. The molecule has 0 bridgehead atoms. The summed E-state index contributed by atoms with van der Waals surface area (Å²) in [6.07, 6.45) is 1.63. The molecule has 35 heavy (non-hydrogen) atoms. The fraction of sp³-hybridized carbons (Fsp3) is 0.303. The van der Waals surface area contributed by atoms with E-state index in [9.17, 15) is 0 Å². The first-order chi connectivity index (χ1) is 18.9. The van der Waals surface area contributed by atoms with Crippen LogP contribution in [0.25, 0.3) is 38.8 Å². The summed E-state index contributed by atoms with van der Waals surface area (Å²) in [5.74, 6) is 0.590. The number of hydrogen-bond donors (Lipinski definition) is 0. The molecule has 0 fully saturated rings. The number of rotatable bonds is 2. The molecule has 0 amide bonds. The topological polar surface area (TPSA) is 17.8 Å². The predicted molar refractivity (Wildman–Crippen MR) is 151 cm³/mol. The molecule has 2 aromatic heterocycles. The van der Waals surface area contributed by atoms with Crippen LogP contribution in [-0.2, 0) is 10.8 Å². The van der Waals surface area contributed by atoms with E-state index in [1.807, 2.05) is 45.0 Å². The minimum absolute atomic E-state index is 0.0328. The molecule has 0 N–H and O–H groups in total. The standard InChI is InChI=1S/C33H36N2/c1-21-17-25(33(6,7)8)18-22(2)31(21)23-15-16-34-30(19-23)35-28-12-10-9-11-26(28)27-14-13-24(20-29(27)35)32(3,4)5/h9-20H,1-8H3/i1D3,2D3. The van der Waals surface area contributed by atoms with Crippen molar-refractivity contribution in [2.75, 3.05) is 0 Å². The maximum absolute atomic E-state index is 8.38. The molecule has 0 spiro atoms. The van der Waals surface area contributed by atoms with E-state index >= 15 is 0 Å². The lowest BCUT2D eigenvalue weighted by molar-refractivity contribution is 0.589. The minimum Gasteiger partial charge on any atom is -0.294 e. The third kappa shape index (κ3) is 4.05. The number of nitrogens with zero attached hydrogens (tertiary/aromatic N) is 2. The molecule has 5 rings (SSSR count). The van der Waals surface area contributed by atoms with Crippen molar-refractivity contribution in [3.05, 3.63) is 95.2 Å². The molecule has 0 unspecified atom stereocenters. The van der Waals surface area contributed by atoms with Crippen molar-refractivity contribution in [2.24, 2.45) is 0 Å².